The molecule has 6 heteroatoms. The number of furan rings is 1. The van der Waals surface area contributed by atoms with Crippen molar-refractivity contribution in [2.24, 2.45) is 5.92 Å². The van der Waals surface area contributed by atoms with Crippen molar-refractivity contribution in [3.63, 3.8) is 0 Å². The van der Waals surface area contributed by atoms with Crippen LogP contribution in [0.15, 0.2) is 35.5 Å². The summed E-state index contributed by atoms with van der Waals surface area (Å²) in [5.41, 5.74) is 0. The Labute approximate surface area is 129 Å². The highest BCUT2D eigenvalue weighted by Gasteiger charge is 2.34. The minimum absolute atomic E-state index is 0.0877. The average molecular weight is 316 g/mol. The molecular formula is C16H23F3N2O. The number of rotatable bonds is 8. The van der Waals surface area contributed by atoms with Crippen LogP contribution in [0.3, 0.4) is 0 Å². The normalized spacial score (nSPS) is 21.1. The Morgan fingerprint density at radius 3 is 2.95 bits per heavy atom. The predicted molar refractivity (Wildman–Crippen MR) is 79.5 cm³/mol. The Morgan fingerprint density at radius 2 is 2.32 bits per heavy atom. The molecule has 1 aromatic heterocycles. The zero-order valence-electron chi connectivity index (χ0n) is 12.6. The number of halogens is 3. The smallest absolute Gasteiger partial charge is 0.401 e. The maximum Gasteiger partial charge on any atom is 0.401 e. The molecule has 1 aromatic rings. The van der Waals surface area contributed by atoms with Crippen molar-refractivity contribution in [2.45, 2.75) is 31.5 Å². The summed E-state index contributed by atoms with van der Waals surface area (Å²) in [6.07, 6.45) is 1.93. The van der Waals surface area contributed by atoms with Gasteiger partial charge in [0.15, 0.2) is 0 Å². The molecular weight excluding hydrogens is 293 g/mol. The van der Waals surface area contributed by atoms with Gasteiger partial charge in [-0.25, -0.2) is 0 Å². The Kier molecular flexibility index (Phi) is 6.08. The number of hydrogen-bond donors (Lipinski definition) is 1. The number of alkyl halides is 3. The Bertz CT molecular complexity index is 445. The Balaban J connectivity index is 1.79. The first-order valence-electron chi connectivity index (χ1n) is 7.64. The maximum absolute atomic E-state index is 12.4. The largest absolute Gasteiger partial charge is 0.468 e. The lowest BCUT2D eigenvalue weighted by atomic mass is 10.1. The third-order valence-corrected chi connectivity index (χ3v) is 3.97. The number of nitrogens with zero attached hydrogens (tertiary/aromatic N) is 1. The summed E-state index contributed by atoms with van der Waals surface area (Å²) in [6.45, 7) is 4.64. The fourth-order valence-electron chi connectivity index (χ4n) is 2.90. The summed E-state index contributed by atoms with van der Waals surface area (Å²) in [5.74, 6) is 1.12. The fraction of sp³-hybridized carbons (Fsp3) is 0.625. The topological polar surface area (TPSA) is 28.4 Å². The summed E-state index contributed by atoms with van der Waals surface area (Å²) in [5, 5.41) is 3.43. The van der Waals surface area contributed by atoms with E-state index in [-0.39, 0.29) is 12.0 Å². The molecule has 0 aromatic carbocycles. The SMILES string of the molecule is C=CCC[C@@H](NC[C@H]1CCN(CC(F)(F)F)C1)c1ccco1. The third-order valence-electron chi connectivity index (χ3n) is 3.97. The van der Waals surface area contributed by atoms with Crippen molar-refractivity contribution < 1.29 is 17.6 Å². The van der Waals surface area contributed by atoms with E-state index in [1.807, 2.05) is 18.2 Å². The van der Waals surface area contributed by atoms with E-state index in [9.17, 15) is 13.2 Å². The van der Waals surface area contributed by atoms with Gasteiger partial charge in [0, 0.05) is 6.54 Å². The first-order valence-corrected chi connectivity index (χ1v) is 7.64. The van der Waals surface area contributed by atoms with Gasteiger partial charge in [0.2, 0.25) is 0 Å². The molecule has 3 nitrogen and oxygen atoms in total. The molecule has 124 valence electrons. The molecule has 0 bridgehead atoms. The molecule has 0 spiro atoms. The Morgan fingerprint density at radius 1 is 1.50 bits per heavy atom. The first kappa shape index (κ1) is 17.1. The second-order valence-electron chi connectivity index (χ2n) is 5.85. The van der Waals surface area contributed by atoms with Gasteiger partial charge in [-0.3, -0.25) is 4.90 Å². The van der Waals surface area contributed by atoms with E-state index < -0.39 is 12.7 Å². The molecule has 2 atom stereocenters. The van der Waals surface area contributed by atoms with E-state index in [0.29, 0.717) is 19.6 Å². The molecule has 2 rings (SSSR count). The number of likely N-dealkylation sites (tertiary alicyclic amines) is 1. The van der Waals surface area contributed by atoms with Gasteiger partial charge in [0.05, 0.1) is 18.8 Å². The second kappa shape index (κ2) is 7.83. The zero-order chi connectivity index (χ0) is 16.0. The molecule has 0 aliphatic carbocycles. The van der Waals surface area contributed by atoms with Crippen molar-refractivity contribution in [3.05, 3.63) is 36.8 Å². The summed E-state index contributed by atoms with van der Waals surface area (Å²) < 4.78 is 42.6. The standard InChI is InChI=1S/C16H23F3N2O/c1-2-3-5-14(15-6-4-9-22-15)20-10-13-7-8-21(11-13)12-16(17,18)19/h2,4,6,9,13-14,20H,1,3,5,7-8,10-12H2/t13-,14-/m1/s1. The highest BCUT2D eigenvalue weighted by molar-refractivity contribution is 5.04. The van der Waals surface area contributed by atoms with E-state index >= 15 is 0 Å². The maximum atomic E-state index is 12.4. The lowest BCUT2D eigenvalue weighted by Gasteiger charge is -2.20. The van der Waals surface area contributed by atoms with Crippen molar-refractivity contribution in [2.75, 3.05) is 26.2 Å². The van der Waals surface area contributed by atoms with E-state index in [1.165, 1.54) is 4.90 Å². The van der Waals surface area contributed by atoms with Gasteiger partial charge in [-0.1, -0.05) is 6.08 Å². The summed E-state index contributed by atoms with van der Waals surface area (Å²) in [4.78, 5) is 1.48. The van der Waals surface area contributed by atoms with Crippen LogP contribution in [-0.4, -0.2) is 37.3 Å². The molecule has 0 saturated carbocycles. The van der Waals surface area contributed by atoms with Crippen LogP contribution in [0.25, 0.3) is 0 Å². The van der Waals surface area contributed by atoms with Crippen LogP contribution in [0.5, 0.6) is 0 Å². The molecule has 1 aliphatic rings. The van der Waals surface area contributed by atoms with Crippen molar-refractivity contribution in [1.29, 1.82) is 0 Å². The second-order valence-corrected chi connectivity index (χ2v) is 5.85. The van der Waals surface area contributed by atoms with Gasteiger partial charge in [0.25, 0.3) is 0 Å². The lowest BCUT2D eigenvalue weighted by molar-refractivity contribution is -0.143. The van der Waals surface area contributed by atoms with Crippen LogP contribution in [0.1, 0.15) is 31.1 Å². The van der Waals surface area contributed by atoms with Gasteiger partial charge >= 0.3 is 6.18 Å². The van der Waals surface area contributed by atoms with Crippen LogP contribution in [0.4, 0.5) is 13.2 Å². The molecule has 22 heavy (non-hydrogen) atoms. The third kappa shape index (κ3) is 5.50. The highest BCUT2D eigenvalue weighted by Crippen LogP contribution is 2.24. The van der Waals surface area contributed by atoms with Crippen molar-refractivity contribution in [3.8, 4) is 0 Å². The van der Waals surface area contributed by atoms with Gasteiger partial charge in [-0.2, -0.15) is 13.2 Å². The minimum atomic E-state index is -4.11. The highest BCUT2D eigenvalue weighted by atomic mass is 19.4. The predicted octanol–water partition coefficient (Wildman–Crippen LogP) is 3.76. The van der Waals surface area contributed by atoms with E-state index in [2.05, 4.69) is 11.9 Å². The molecule has 0 amide bonds. The van der Waals surface area contributed by atoms with Crippen molar-refractivity contribution >= 4 is 0 Å². The van der Waals surface area contributed by atoms with Crippen molar-refractivity contribution in [1.82, 2.24) is 10.2 Å². The van der Waals surface area contributed by atoms with Crippen LogP contribution < -0.4 is 5.32 Å². The number of allylic oxidation sites excluding steroid dienone is 1. The van der Waals surface area contributed by atoms with Gasteiger partial charge < -0.3 is 9.73 Å². The van der Waals surface area contributed by atoms with Gasteiger partial charge in [-0.15, -0.1) is 6.58 Å². The molecule has 1 N–H and O–H groups in total. The summed E-state index contributed by atoms with van der Waals surface area (Å²) in [6, 6.07) is 3.86. The minimum Gasteiger partial charge on any atom is -0.468 e. The monoisotopic (exact) mass is 316 g/mol. The average Bonchev–Trinajstić information content (AvgIpc) is 3.09. The van der Waals surface area contributed by atoms with E-state index in [1.54, 1.807) is 6.26 Å². The zero-order valence-corrected chi connectivity index (χ0v) is 12.6. The molecule has 2 heterocycles. The van der Waals surface area contributed by atoms with Crippen LogP contribution in [0, 0.1) is 5.92 Å². The summed E-state index contributed by atoms with van der Waals surface area (Å²) >= 11 is 0. The van der Waals surface area contributed by atoms with Crippen LogP contribution in [0.2, 0.25) is 0 Å². The van der Waals surface area contributed by atoms with Crippen LogP contribution >= 0.6 is 0 Å². The number of hydrogen-bond acceptors (Lipinski definition) is 3. The number of nitrogens with one attached hydrogen (secondary N) is 1. The molecule has 0 radical (unpaired) electrons. The van der Waals surface area contributed by atoms with Gasteiger partial charge in [0.1, 0.15) is 5.76 Å². The molecule has 1 saturated heterocycles. The van der Waals surface area contributed by atoms with E-state index in [4.69, 9.17) is 4.42 Å². The lowest BCUT2D eigenvalue weighted by Crippen LogP contribution is -2.34. The van der Waals surface area contributed by atoms with Gasteiger partial charge in [-0.05, 0) is 50.4 Å². The molecule has 0 unspecified atom stereocenters. The van der Waals surface area contributed by atoms with E-state index in [0.717, 1.165) is 25.0 Å². The summed E-state index contributed by atoms with van der Waals surface area (Å²) in [7, 11) is 0. The molecule has 1 fully saturated rings. The fourth-order valence-corrected chi connectivity index (χ4v) is 2.90. The van der Waals surface area contributed by atoms with Crippen LogP contribution in [-0.2, 0) is 0 Å². The quantitative estimate of drug-likeness (QED) is 0.740. The first-order chi connectivity index (χ1) is 10.5. The Hall–Kier alpha value is -1.27. The molecule has 1 aliphatic heterocycles.